The molecular formula is C17H21N3O4. The van der Waals surface area contributed by atoms with Crippen LogP contribution in [-0.4, -0.2) is 39.9 Å². The van der Waals surface area contributed by atoms with Crippen molar-refractivity contribution in [3.05, 3.63) is 41.7 Å². The maximum atomic E-state index is 12.2. The molecule has 0 saturated carbocycles. The SMILES string of the molecule is COc1ccc(C)cc1-n1ccc(C(=O)NC(C)CCC(=O)O)n1. The van der Waals surface area contributed by atoms with Crippen LogP contribution < -0.4 is 10.1 Å². The highest BCUT2D eigenvalue weighted by atomic mass is 16.5. The van der Waals surface area contributed by atoms with Crippen LogP contribution in [0.4, 0.5) is 0 Å². The van der Waals surface area contributed by atoms with Gasteiger partial charge < -0.3 is 15.2 Å². The number of benzene rings is 1. The van der Waals surface area contributed by atoms with Crippen molar-refractivity contribution in [2.45, 2.75) is 32.7 Å². The maximum absolute atomic E-state index is 12.2. The number of aryl methyl sites for hydroxylation is 1. The highest BCUT2D eigenvalue weighted by Crippen LogP contribution is 2.23. The Labute approximate surface area is 140 Å². The molecule has 24 heavy (non-hydrogen) atoms. The molecule has 0 fully saturated rings. The Morgan fingerprint density at radius 1 is 1.38 bits per heavy atom. The first-order chi connectivity index (χ1) is 11.4. The molecule has 0 bridgehead atoms. The van der Waals surface area contributed by atoms with Crippen LogP contribution >= 0.6 is 0 Å². The third-order valence-corrected chi connectivity index (χ3v) is 3.57. The Kier molecular flexibility index (Phi) is 5.57. The Bertz CT molecular complexity index is 739. The first-order valence-corrected chi connectivity index (χ1v) is 7.64. The summed E-state index contributed by atoms with van der Waals surface area (Å²) < 4.78 is 6.91. The van der Waals surface area contributed by atoms with Gasteiger partial charge in [-0.2, -0.15) is 5.10 Å². The molecule has 1 unspecified atom stereocenters. The summed E-state index contributed by atoms with van der Waals surface area (Å²) in [5, 5.41) is 15.7. The first kappa shape index (κ1) is 17.5. The molecule has 0 aliphatic rings. The molecular weight excluding hydrogens is 310 g/mol. The maximum Gasteiger partial charge on any atom is 0.303 e. The largest absolute Gasteiger partial charge is 0.494 e. The molecule has 128 valence electrons. The predicted octanol–water partition coefficient (Wildman–Crippen LogP) is 2.17. The average Bonchev–Trinajstić information content (AvgIpc) is 3.02. The van der Waals surface area contributed by atoms with Gasteiger partial charge in [0.05, 0.1) is 7.11 Å². The summed E-state index contributed by atoms with van der Waals surface area (Å²) in [5.41, 5.74) is 2.06. The van der Waals surface area contributed by atoms with E-state index in [9.17, 15) is 9.59 Å². The fraction of sp³-hybridized carbons (Fsp3) is 0.353. The van der Waals surface area contributed by atoms with E-state index >= 15 is 0 Å². The molecule has 1 heterocycles. The number of aliphatic carboxylic acids is 1. The monoisotopic (exact) mass is 331 g/mol. The van der Waals surface area contributed by atoms with Crippen molar-refractivity contribution in [2.24, 2.45) is 0 Å². The van der Waals surface area contributed by atoms with E-state index in [-0.39, 0.29) is 24.1 Å². The van der Waals surface area contributed by atoms with Gasteiger partial charge in [0.15, 0.2) is 5.69 Å². The zero-order valence-corrected chi connectivity index (χ0v) is 13.9. The summed E-state index contributed by atoms with van der Waals surface area (Å²) in [6.45, 7) is 3.73. The van der Waals surface area contributed by atoms with E-state index in [2.05, 4.69) is 10.4 Å². The van der Waals surface area contributed by atoms with Gasteiger partial charge in [-0.1, -0.05) is 6.07 Å². The van der Waals surface area contributed by atoms with E-state index in [1.54, 1.807) is 31.0 Å². The number of methoxy groups -OCH3 is 1. The highest BCUT2D eigenvalue weighted by molar-refractivity contribution is 5.92. The summed E-state index contributed by atoms with van der Waals surface area (Å²) in [7, 11) is 1.58. The molecule has 1 aromatic carbocycles. The van der Waals surface area contributed by atoms with Crippen LogP contribution in [-0.2, 0) is 4.79 Å². The molecule has 2 aromatic rings. The van der Waals surface area contributed by atoms with E-state index in [0.29, 0.717) is 12.2 Å². The minimum Gasteiger partial charge on any atom is -0.494 e. The molecule has 0 radical (unpaired) electrons. The number of nitrogens with one attached hydrogen (secondary N) is 1. The molecule has 7 heteroatoms. The minimum absolute atomic E-state index is 0.0103. The van der Waals surface area contributed by atoms with Crippen molar-refractivity contribution in [2.75, 3.05) is 7.11 Å². The van der Waals surface area contributed by atoms with Gasteiger partial charge in [0.2, 0.25) is 0 Å². The minimum atomic E-state index is -0.882. The fourth-order valence-corrected chi connectivity index (χ4v) is 2.27. The van der Waals surface area contributed by atoms with Gasteiger partial charge in [0.1, 0.15) is 11.4 Å². The number of rotatable bonds is 7. The van der Waals surface area contributed by atoms with Crippen LogP contribution in [0.2, 0.25) is 0 Å². The number of amides is 1. The number of hydrogen-bond acceptors (Lipinski definition) is 4. The number of carbonyl (C=O) groups excluding carboxylic acids is 1. The molecule has 2 N–H and O–H groups in total. The van der Waals surface area contributed by atoms with Crippen molar-refractivity contribution in [1.29, 1.82) is 0 Å². The molecule has 0 saturated heterocycles. The molecule has 0 spiro atoms. The van der Waals surface area contributed by atoms with Crippen LogP contribution in [0, 0.1) is 6.92 Å². The zero-order chi connectivity index (χ0) is 17.7. The molecule has 0 aliphatic heterocycles. The van der Waals surface area contributed by atoms with Crippen LogP contribution in [0.1, 0.15) is 35.8 Å². The van der Waals surface area contributed by atoms with Gasteiger partial charge in [-0.3, -0.25) is 9.59 Å². The number of hydrogen-bond donors (Lipinski definition) is 2. The summed E-state index contributed by atoms with van der Waals surface area (Å²) in [6.07, 6.45) is 2.07. The second-order valence-corrected chi connectivity index (χ2v) is 5.63. The van der Waals surface area contributed by atoms with Crippen LogP contribution in [0.3, 0.4) is 0 Å². The third-order valence-electron chi connectivity index (χ3n) is 3.57. The second-order valence-electron chi connectivity index (χ2n) is 5.63. The van der Waals surface area contributed by atoms with Gasteiger partial charge in [0, 0.05) is 18.7 Å². The van der Waals surface area contributed by atoms with Crippen molar-refractivity contribution in [1.82, 2.24) is 15.1 Å². The molecule has 7 nitrogen and oxygen atoms in total. The van der Waals surface area contributed by atoms with Gasteiger partial charge in [-0.15, -0.1) is 0 Å². The standard InChI is InChI=1S/C17H21N3O4/c1-11-4-6-15(24-3)14(10-11)20-9-8-13(19-20)17(23)18-12(2)5-7-16(21)22/h4,6,8-10,12H,5,7H2,1-3H3,(H,18,23)(H,21,22). The Balaban J connectivity index is 2.11. The lowest BCUT2D eigenvalue weighted by Gasteiger charge is -2.11. The number of carboxylic acids is 1. The highest BCUT2D eigenvalue weighted by Gasteiger charge is 2.15. The normalized spacial score (nSPS) is 11.8. The lowest BCUT2D eigenvalue weighted by molar-refractivity contribution is -0.137. The Morgan fingerprint density at radius 3 is 2.79 bits per heavy atom. The van der Waals surface area contributed by atoms with Gasteiger partial charge >= 0.3 is 5.97 Å². The number of carbonyl (C=O) groups is 2. The number of carboxylic acid groups (broad SMARTS) is 1. The molecule has 1 aromatic heterocycles. The summed E-state index contributed by atoms with van der Waals surface area (Å²) >= 11 is 0. The van der Waals surface area contributed by atoms with Gasteiger partial charge in [0.25, 0.3) is 5.91 Å². The molecule has 1 amide bonds. The number of ether oxygens (including phenoxy) is 1. The van der Waals surface area contributed by atoms with Crippen LogP contribution in [0.15, 0.2) is 30.5 Å². The van der Waals surface area contributed by atoms with Crippen molar-refractivity contribution >= 4 is 11.9 Å². The zero-order valence-electron chi connectivity index (χ0n) is 13.9. The van der Waals surface area contributed by atoms with E-state index in [1.807, 2.05) is 25.1 Å². The lowest BCUT2D eigenvalue weighted by atomic mass is 10.2. The quantitative estimate of drug-likeness (QED) is 0.811. The third kappa shape index (κ3) is 4.34. The van der Waals surface area contributed by atoms with E-state index in [1.165, 1.54) is 0 Å². The lowest BCUT2D eigenvalue weighted by Crippen LogP contribution is -2.33. The van der Waals surface area contributed by atoms with Crippen LogP contribution in [0.25, 0.3) is 5.69 Å². The Hall–Kier alpha value is -2.83. The first-order valence-electron chi connectivity index (χ1n) is 7.64. The van der Waals surface area contributed by atoms with Crippen molar-refractivity contribution in [3.8, 4) is 11.4 Å². The molecule has 2 rings (SSSR count). The van der Waals surface area contributed by atoms with Crippen molar-refractivity contribution in [3.63, 3.8) is 0 Å². The van der Waals surface area contributed by atoms with Gasteiger partial charge in [-0.05, 0) is 44.0 Å². The summed E-state index contributed by atoms with van der Waals surface area (Å²) in [4.78, 5) is 22.8. The molecule has 1 atom stereocenters. The van der Waals surface area contributed by atoms with E-state index < -0.39 is 5.97 Å². The number of nitrogens with zero attached hydrogens (tertiary/aromatic N) is 2. The number of aromatic nitrogens is 2. The van der Waals surface area contributed by atoms with Gasteiger partial charge in [-0.25, -0.2) is 4.68 Å². The summed E-state index contributed by atoms with van der Waals surface area (Å²) in [5.74, 6) is -0.560. The smallest absolute Gasteiger partial charge is 0.303 e. The van der Waals surface area contributed by atoms with E-state index in [4.69, 9.17) is 9.84 Å². The second kappa shape index (κ2) is 7.63. The topological polar surface area (TPSA) is 93.5 Å². The molecule has 0 aliphatic carbocycles. The summed E-state index contributed by atoms with van der Waals surface area (Å²) in [6, 6.07) is 7.07. The van der Waals surface area contributed by atoms with Crippen molar-refractivity contribution < 1.29 is 19.4 Å². The van der Waals surface area contributed by atoms with Crippen LogP contribution in [0.5, 0.6) is 5.75 Å². The predicted molar refractivity (Wildman–Crippen MR) is 88.7 cm³/mol. The van der Waals surface area contributed by atoms with E-state index in [0.717, 1.165) is 11.3 Å². The fourth-order valence-electron chi connectivity index (χ4n) is 2.27. The Morgan fingerprint density at radius 2 is 2.12 bits per heavy atom. The average molecular weight is 331 g/mol.